The van der Waals surface area contributed by atoms with Crippen LogP contribution in [0.25, 0.3) is 0 Å². The summed E-state index contributed by atoms with van der Waals surface area (Å²) in [5.74, 6) is 0. The Kier molecular flexibility index (Phi) is 4.36. The number of hydrogen-bond acceptors (Lipinski definition) is 2. The maximum atomic E-state index is 5.80. The van der Waals surface area contributed by atoms with E-state index in [2.05, 4.69) is 57.3 Å². The molecule has 0 saturated heterocycles. The van der Waals surface area contributed by atoms with Gasteiger partial charge in [0.1, 0.15) is 0 Å². The first-order valence-corrected chi connectivity index (χ1v) is 5.94. The first-order valence-electron chi connectivity index (χ1n) is 5.94. The normalized spacial score (nSPS) is 13.6. The molecule has 0 aliphatic heterocycles. The highest BCUT2D eigenvalue weighted by molar-refractivity contribution is 5.46. The molecule has 0 saturated carbocycles. The van der Waals surface area contributed by atoms with E-state index < -0.39 is 0 Å². The molecule has 0 aromatic heterocycles. The van der Waals surface area contributed by atoms with Gasteiger partial charge in [-0.25, -0.2) is 0 Å². The van der Waals surface area contributed by atoms with Crippen LogP contribution in [0.1, 0.15) is 32.8 Å². The predicted molar refractivity (Wildman–Crippen MR) is 71.7 cm³/mol. The van der Waals surface area contributed by atoms with Crippen LogP contribution in [0.3, 0.4) is 0 Å². The van der Waals surface area contributed by atoms with Gasteiger partial charge in [-0.15, -0.1) is 0 Å². The molecule has 0 bridgehead atoms. The van der Waals surface area contributed by atoms with Gasteiger partial charge >= 0.3 is 0 Å². The summed E-state index contributed by atoms with van der Waals surface area (Å²) < 4.78 is 0. The molecule has 1 rings (SSSR count). The van der Waals surface area contributed by atoms with Gasteiger partial charge in [0, 0.05) is 18.3 Å². The van der Waals surface area contributed by atoms with Gasteiger partial charge in [-0.3, -0.25) is 0 Å². The predicted octanol–water partition coefficient (Wildman–Crippen LogP) is 3.17. The topological polar surface area (TPSA) is 38.0 Å². The average Bonchev–Trinajstić information content (AvgIpc) is 2.14. The maximum absolute atomic E-state index is 5.80. The Morgan fingerprint density at radius 1 is 1.31 bits per heavy atom. The van der Waals surface area contributed by atoms with Crippen molar-refractivity contribution in [2.45, 2.75) is 40.2 Å². The number of aryl methyl sites for hydroxylation is 1. The van der Waals surface area contributed by atoms with Crippen molar-refractivity contribution >= 4 is 5.69 Å². The van der Waals surface area contributed by atoms with E-state index in [0.29, 0.717) is 18.0 Å². The van der Waals surface area contributed by atoms with E-state index in [4.69, 9.17) is 5.73 Å². The molecular formula is C14H24N2. The SMILES string of the molecule is Cc1cccc(NC(CN)CC(C)(C)C)c1. The lowest BCUT2D eigenvalue weighted by Crippen LogP contribution is -2.32. The highest BCUT2D eigenvalue weighted by atomic mass is 14.9. The summed E-state index contributed by atoms with van der Waals surface area (Å²) in [6.07, 6.45) is 1.08. The molecule has 2 heteroatoms. The zero-order valence-electron chi connectivity index (χ0n) is 10.9. The van der Waals surface area contributed by atoms with Crippen LogP contribution < -0.4 is 11.1 Å². The highest BCUT2D eigenvalue weighted by Gasteiger charge is 2.17. The molecule has 0 radical (unpaired) electrons. The molecule has 3 N–H and O–H groups in total. The Bertz CT molecular complexity index is 326. The first kappa shape index (κ1) is 13.0. The Balaban J connectivity index is 2.63. The standard InChI is InChI=1S/C14H24N2/c1-11-6-5-7-12(8-11)16-13(10-15)9-14(2,3)4/h5-8,13,16H,9-10,15H2,1-4H3. The third kappa shape index (κ3) is 4.67. The van der Waals surface area contributed by atoms with Gasteiger partial charge in [-0.05, 0) is 36.5 Å². The lowest BCUT2D eigenvalue weighted by molar-refractivity contribution is 0.351. The molecule has 2 nitrogen and oxygen atoms in total. The summed E-state index contributed by atoms with van der Waals surface area (Å²) in [7, 11) is 0. The van der Waals surface area contributed by atoms with Crippen molar-refractivity contribution in [2.24, 2.45) is 11.1 Å². The van der Waals surface area contributed by atoms with Gasteiger partial charge < -0.3 is 11.1 Å². The van der Waals surface area contributed by atoms with Crippen molar-refractivity contribution in [3.8, 4) is 0 Å². The van der Waals surface area contributed by atoms with Crippen molar-refractivity contribution in [2.75, 3.05) is 11.9 Å². The minimum atomic E-state index is 0.306. The fraction of sp³-hybridized carbons (Fsp3) is 0.571. The number of anilines is 1. The molecule has 0 aliphatic rings. The van der Waals surface area contributed by atoms with Gasteiger partial charge in [0.05, 0.1) is 0 Å². The van der Waals surface area contributed by atoms with Crippen LogP contribution in [0, 0.1) is 12.3 Å². The lowest BCUT2D eigenvalue weighted by atomic mass is 9.88. The van der Waals surface area contributed by atoms with Gasteiger partial charge in [0.2, 0.25) is 0 Å². The number of nitrogens with one attached hydrogen (secondary N) is 1. The molecule has 0 fully saturated rings. The van der Waals surface area contributed by atoms with Crippen LogP contribution in [0.4, 0.5) is 5.69 Å². The smallest absolute Gasteiger partial charge is 0.0388 e. The summed E-state index contributed by atoms with van der Waals surface area (Å²) in [6.45, 7) is 9.51. The Morgan fingerprint density at radius 3 is 2.50 bits per heavy atom. The third-order valence-electron chi connectivity index (χ3n) is 2.53. The zero-order chi connectivity index (χ0) is 12.2. The minimum absolute atomic E-state index is 0.306. The molecule has 90 valence electrons. The van der Waals surface area contributed by atoms with Crippen LogP contribution in [-0.2, 0) is 0 Å². The molecule has 1 unspecified atom stereocenters. The summed E-state index contributed by atoms with van der Waals surface area (Å²) in [5.41, 5.74) is 8.55. The van der Waals surface area contributed by atoms with E-state index in [1.807, 2.05) is 0 Å². The monoisotopic (exact) mass is 220 g/mol. The van der Waals surface area contributed by atoms with E-state index in [0.717, 1.165) is 6.42 Å². The van der Waals surface area contributed by atoms with E-state index >= 15 is 0 Å². The maximum Gasteiger partial charge on any atom is 0.0388 e. The molecule has 0 aliphatic carbocycles. The summed E-state index contributed by atoms with van der Waals surface area (Å²) in [4.78, 5) is 0. The number of rotatable bonds is 4. The van der Waals surface area contributed by atoms with Crippen LogP contribution in [0.5, 0.6) is 0 Å². The van der Waals surface area contributed by atoms with Crippen LogP contribution >= 0.6 is 0 Å². The fourth-order valence-electron chi connectivity index (χ4n) is 1.90. The fourth-order valence-corrected chi connectivity index (χ4v) is 1.90. The molecule has 1 atom stereocenters. The molecule has 16 heavy (non-hydrogen) atoms. The largest absolute Gasteiger partial charge is 0.381 e. The van der Waals surface area contributed by atoms with Crippen molar-refractivity contribution in [1.82, 2.24) is 0 Å². The Labute approximate surface area is 99.2 Å². The first-order chi connectivity index (χ1) is 7.40. The Morgan fingerprint density at radius 2 is 2.00 bits per heavy atom. The number of benzene rings is 1. The second kappa shape index (κ2) is 5.35. The average molecular weight is 220 g/mol. The van der Waals surface area contributed by atoms with E-state index in [1.165, 1.54) is 11.3 Å². The van der Waals surface area contributed by atoms with Crippen molar-refractivity contribution in [3.05, 3.63) is 29.8 Å². The quantitative estimate of drug-likeness (QED) is 0.818. The summed E-state index contributed by atoms with van der Waals surface area (Å²) in [6, 6.07) is 8.78. The van der Waals surface area contributed by atoms with Gasteiger partial charge in [0.15, 0.2) is 0 Å². The minimum Gasteiger partial charge on any atom is -0.381 e. The highest BCUT2D eigenvalue weighted by Crippen LogP contribution is 2.22. The van der Waals surface area contributed by atoms with Crippen LogP contribution in [0.2, 0.25) is 0 Å². The summed E-state index contributed by atoms with van der Waals surface area (Å²) in [5, 5.41) is 3.50. The second-order valence-corrected chi connectivity index (χ2v) is 5.71. The van der Waals surface area contributed by atoms with Gasteiger partial charge in [0.25, 0.3) is 0 Å². The number of nitrogens with two attached hydrogens (primary N) is 1. The summed E-state index contributed by atoms with van der Waals surface area (Å²) >= 11 is 0. The van der Waals surface area contributed by atoms with E-state index in [1.54, 1.807) is 0 Å². The van der Waals surface area contributed by atoms with E-state index in [9.17, 15) is 0 Å². The van der Waals surface area contributed by atoms with Crippen LogP contribution in [-0.4, -0.2) is 12.6 Å². The lowest BCUT2D eigenvalue weighted by Gasteiger charge is -2.26. The molecule has 1 aromatic rings. The molecule has 0 heterocycles. The zero-order valence-corrected chi connectivity index (χ0v) is 10.9. The second-order valence-electron chi connectivity index (χ2n) is 5.71. The Hall–Kier alpha value is -1.02. The van der Waals surface area contributed by atoms with Crippen molar-refractivity contribution in [1.29, 1.82) is 0 Å². The van der Waals surface area contributed by atoms with Gasteiger partial charge in [-0.2, -0.15) is 0 Å². The van der Waals surface area contributed by atoms with Crippen molar-refractivity contribution in [3.63, 3.8) is 0 Å². The van der Waals surface area contributed by atoms with Crippen LogP contribution in [0.15, 0.2) is 24.3 Å². The van der Waals surface area contributed by atoms with E-state index in [-0.39, 0.29) is 0 Å². The molecule has 0 spiro atoms. The third-order valence-corrected chi connectivity index (χ3v) is 2.53. The van der Waals surface area contributed by atoms with Gasteiger partial charge in [-0.1, -0.05) is 32.9 Å². The number of hydrogen-bond donors (Lipinski definition) is 2. The van der Waals surface area contributed by atoms with Crippen molar-refractivity contribution < 1.29 is 0 Å². The molecular weight excluding hydrogens is 196 g/mol. The molecule has 1 aromatic carbocycles. The molecule has 0 amide bonds.